The Morgan fingerprint density at radius 1 is 1.62 bits per heavy atom. The average Bonchev–Trinajstić information content (AvgIpc) is 1.82. The maximum absolute atomic E-state index is 5.33. The molecule has 1 rings (SSSR count). The lowest BCUT2D eigenvalue weighted by Gasteiger charge is -2.13. The van der Waals surface area contributed by atoms with Crippen molar-refractivity contribution >= 4 is 16.1 Å². The summed E-state index contributed by atoms with van der Waals surface area (Å²) in [6, 6.07) is 0. The lowest BCUT2D eigenvalue weighted by molar-refractivity contribution is 0.0389. The zero-order valence-electron chi connectivity index (χ0n) is 5.15. The number of halogens is 1. The van der Waals surface area contributed by atoms with Crippen molar-refractivity contribution in [3.05, 3.63) is 0 Å². The van der Waals surface area contributed by atoms with E-state index in [1.165, 1.54) is 0 Å². The summed E-state index contributed by atoms with van der Waals surface area (Å²) in [6.45, 7) is 5.82. The lowest BCUT2D eigenvalue weighted by Crippen LogP contribution is -2.23. The molecule has 8 heavy (non-hydrogen) atoms. The highest BCUT2D eigenvalue weighted by Gasteiger charge is 2.28. The van der Waals surface area contributed by atoms with Crippen LogP contribution in [0.4, 0.5) is 0 Å². The van der Waals surface area contributed by atoms with E-state index < -0.39 is 0 Å². The van der Waals surface area contributed by atoms with E-state index in [9.17, 15) is 0 Å². The number of nitrogens with zero attached hydrogens (tertiary/aromatic N) is 1. The van der Waals surface area contributed by atoms with Crippen LogP contribution >= 0.6 is 16.1 Å². The Bertz CT molecular complexity index is 94.4. The molecule has 0 atom stereocenters. The van der Waals surface area contributed by atoms with Crippen molar-refractivity contribution in [1.82, 2.24) is 3.93 Å². The molecule has 0 aliphatic carbocycles. The van der Waals surface area contributed by atoms with Gasteiger partial charge in [-0.3, -0.25) is 0 Å². The fourth-order valence-corrected chi connectivity index (χ4v) is 1.46. The van der Waals surface area contributed by atoms with Gasteiger partial charge < -0.3 is 4.74 Å². The molecule has 0 N–H and O–H groups in total. The molecule has 0 aromatic rings. The topological polar surface area (TPSA) is 12.5 Å². The lowest BCUT2D eigenvalue weighted by atomic mass is 10.1. The summed E-state index contributed by atoms with van der Waals surface area (Å²) in [4.78, 5) is 0. The molecule has 0 spiro atoms. The standard InChI is InChI=1S/C5H10BrNO/c1-5(2)3-7(6)4-8-5/h3-4H2,1-2H3. The highest BCUT2D eigenvalue weighted by molar-refractivity contribution is 9.07. The van der Waals surface area contributed by atoms with Gasteiger partial charge in [0, 0.05) is 22.7 Å². The highest BCUT2D eigenvalue weighted by atomic mass is 79.9. The molecule has 3 heteroatoms. The molecule has 1 aliphatic rings. The van der Waals surface area contributed by atoms with Crippen molar-refractivity contribution in [2.24, 2.45) is 0 Å². The van der Waals surface area contributed by atoms with E-state index in [-0.39, 0.29) is 5.60 Å². The van der Waals surface area contributed by atoms with Crippen molar-refractivity contribution < 1.29 is 4.74 Å². The van der Waals surface area contributed by atoms with Gasteiger partial charge in [-0.1, -0.05) is 0 Å². The van der Waals surface area contributed by atoms with Crippen molar-refractivity contribution in [3.63, 3.8) is 0 Å². The summed E-state index contributed by atoms with van der Waals surface area (Å²) >= 11 is 3.32. The van der Waals surface area contributed by atoms with Crippen LogP contribution in [-0.2, 0) is 4.74 Å². The predicted molar refractivity (Wildman–Crippen MR) is 35.7 cm³/mol. The van der Waals surface area contributed by atoms with Crippen molar-refractivity contribution in [2.45, 2.75) is 19.4 Å². The second-order valence-corrected chi connectivity index (χ2v) is 3.66. The number of hydrogen-bond acceptors (Lipinski definition) is 2. The van der Waals surface area contributed by atoms with Crippen LogP contribution in [0.2, 0.25) is 0 Å². The van der Waals surface area contributed by atoms with Crippen LogP contribution in [0.25, 0.3) is 0 Å². The Hall–Kier alpha value is 0.400. The summed E-state index contributed by atoms with van der Waals surface area (Å²) in [5, 5.41) is 0. The molecule has 1 fully saturated rings. The first-order valence-corrected chi connectivity index (χ1v) is 3.36. The Balaban J connectivity index is 2.44. The third-order valence-corrected chi connectivity index (χ3v) is 1.60. The van der Waals surface area contributed by atoms with Gasteiger partial charge in [0.05, 0.1) is 5.60 Å². The van der Waals surface area contributed by atoms with Gasteiger partial charge in [-0.05, 0) is 13.8 Å². The number of rotatable bonds is 0. The molecule has 0 unspecified atom stereocenters. The van der Waals surface area contributed by atoms with E-state index in [0.717, 1.165) is 6.54 Å². The smallest absolute Gasteiger partial charge is 0.109 e. The summed E-state index contributed by atoms with van der Waals surface area (Å²) in [7, 11) is 0. The maximum atomic E-state index is 5.33. The van der Waals surface area contributed by atoms with Gasteiger partial charge >= 0.3 is 0 Å². The predicted octanol–water partition coefficient (Wildman–Crippen LogP) is 1.36. The summed E-state index contributed by atoms with van der Waals surface area (Å²) in [5.41, 5.74) is 0.0451. The zero-order valence-corrected chi connectivity index (χ0v) is 6.73. The average molecular weight is 180 g/mol. The van der Waals surface area contributed by atoms with E-state index in [0.29, 0.717) is 6.73 Å². The molecular weight excluding hydrogens is 170 g/mol. The SMILES string of the molecule is CC1(C)CN(Br)CO1. The van der Waals surface area contributed by atoms with E-state index >= 15 is 0 Å². The normalized spacial score (nSPS) is 28.9. The Kier molecular flexibility index (Phi) is 1.61. The van der Waals surface area contributed by atoms with Crippen molar-refractivity contribution in [2.75, 3.05) is 13.3 Å². The molecule has 0 aromatic carbocycles. The second kappa shape index (κ2) is 1.97. The Morgan fingerprint density at radius 2 is 2.25 bits per heavy atom. The summed E-state index contributed by atoms with van der Waals surface area (Å²) < 4.78 is 7.31. The van der Waals surface area contributed by atoms with Crippen molar-refractivity contribution in [1.29, 1.82) is 0 Å². The minimum atomic E-state index is 0.0451. The fourth-order valence-electron chi connectivity index (χ4n) is 0.749. The molecule has 0 amide bonds. The monoisotopic (exact) mass is 179 g/mol. The summed E-state index contributed by atoms with van der Waals surface area (Å²) in [6.07, 6.45) is 0. The Labute approximate surface area is 58.1 Å². The first-order chi connectivity index (χ1) is 3.60. The molecule has 0 aromatic heterocycles. The third kappa shape index (κ3) is 1.44. The van der Waals surface area contributed by atoms with Gasteiger partial charge in [-0.2, -0.15) is 0 Å². The molecule has 1 saturated heterocycles. The van der Waals surface area contributed by atoms with Gasteiger partial charge in [0.2, 0.25) is 0 Å². The molecule has 48 valence electrons. The first-order valence-electron chi connectivity index (χ1n) is 2.65. The third-order valence-electron chi connectivity index (χ3n) is 1.15. The van der Waals surface area contributed by atoms with E-state index in [2.05, 4.69) is 30.0 Å². The summed E-state index contributed by atoms with van der Waals surface area (Å²) in [5.74, 6) is 0. The molecule has 1 aliphatic heterocycles. The molecule has 0 radical (unpaired) electrons. The molecule has 1 heterocycles. The van der Waals surface area contributed by atoms with Gasteiger partial charge in [0.1, 0.15) is 6.73 Å². The van der Waals surface area contributed by atoms with Crippen LogP contribution in [0.1, 0.15) is 13.8 Å². The van der Waals surface area contributed by atoms with E-state index in [1.54, 1.807) is 0 Å². The minimum absolute atomic E-state index is 0.0451. The van der Waals surface area contributed by atoms with Crippen molar-refractivity contribution in [3.8, 4) is 0 Å². The van der Waals surface area contributed by atoms with Gasteiger partial charge in [-0.15, -0.1) is 0 Å². The quantitative estimate of drug-likeness (QED) is 0.522. The van der Waals surface area contributed by atoms with Crippen LogP contribution < -0.4 is 0 Å². The van der Waals surface area contributed by atoms with Crippen LogP contribution in [0.3, 0.4) is 0 Å². The fraction of sp³-hybridized carbons (Fsp3) is 1.00. The zero-order chi connectivity index (χ0) is 6.20. The molecule has 0 bridgehead atoms. The number of ether oxygens (including phenoxy) is 1. The van der Waals surface area contributed by atoms with Crippen LogP contribution in [0.15, 0.2) is 0 Å². The van der Waals surface area contributed by atoms with Crippen LogP contribution in [0.5, 0.6) is 0 Å². The first kappa shape index (κ1) is 6.52. The maximum Gasteiger partial charge on any atom is 0.109 e. The molecule has 2 nitrogen and oxygen atoms in total. The minimum Gasteiger partial charge on any atom is -0.358 e. The molecule has 0 saturated carbocycles. The van der Waals surface area contributed by atoms with E-state index in [4.69, 9.17) is 4.74 Å². The Morgan fingerprint density at radius 3 is 2.38 bits per heavy atom. The largest absolute Gasteiger partial charge is 0.358 e. The van der Waals surface area contributed by atoms with Crippen LogP contribution in [0, 0.1) is 0 Å². The van der Waals surface area contributed by atoms with Gasteiger partial charge in [0.15, 0.2) is 0 Å². The van der Waals surface area contributed by atoms with E-state index in [1.807, 2.05) is 3.93 Å². The van der Waals surface area contributed by atoms with Gasteiger partial charge in [-0.25, -0.2) is 3.93 Å². The number of hydrogen-bond donors (Lipinski definition) is 0. The molecular formula is C5H10BrNO. The van der Waals surface area contributed by atoms with Crippen LogP contribution in [-0.4, -0.2) is 22.8 Å². The van der Waals surface area contributed by atoms with Gasteiger partial charge in [0.25, 0.3) is 0 Å². The second-order valence-electron chi connectivity index (χ2n) is 2.65. The highest BCUT2D eigenvalue weighted by Crippen LogP contribution is 2.21.